The largest absolute Gasteiger partial charge is 0.465 e. The molecule has 0 N–H and O–H groups in total. The van der Waals surface area contributed by atoms with Gasteiger partial charge in [0, 0.05) is 17.1 Å². The highest BCUT2D eigenvalue weighted by Crippen LogP contribution is 2.36. The molecule has 1 aromatic heterocycles. The molecule has 0 atom stereocenters. The number of carbonyl (C=O) groups excluding carboxylic acids is 2. The monoisotopic (exact) mass is 371 g/mol. The lowest BCUT2D eigenvalue weighted by atomic mass is 10.2. The molecule has 0 saturated carbocycles. The van der Waals surface area contributed by atoms with Crippen LogP contribution < -0.4 is 0 Å². The predicted octanol–water partition coefficient (Wildman–Crippen LogP) is 1.87. The number of likely N-dealkylation sites (N-methyl/N-ethyl adjacent to an activating group) is 1. The number of nitrogens with zero attached hydrogens (tertiary/aromatic N) is 1. The molecule has 0 aliphatic rings. The van der Waals surface area contributed by atoms with Crippen LogP contribution in [0.2, 0.25) is 0 Å². The summed E-state index contributed by atoms with van der Waals surface area (Å²) in [5, 5.41) is 0.415. The van der Waals surface area contributed by atoms with Crippen molar-refractivity contribution < 1.29 is 27.5 Å². The van der Waals surface area contributed by atoms with E-state index in [0.29, 0.717) is 10.1 Å². The van der Waals surface area contributed by atoms with Crippen LogP contribution in [0.15, 0.2) is 29.2 Å². The number of sulfonamides is 1. The second-order valence-electron chi connectivity index (χ2n) is 4.81. The zero-order valence-electron chi connectivity index (χ0n) is 13.4. The highest BCUT2D eigenvalue weighted by atomic mass is 32.2. The molecular formula is C15H17NO6S2. The Morgan fingerprint density at radius 1 is 1.25 bits per heavy atom. The van der Waals surface area contributed by atoms with Crippen LogP contribution in [0.3, 0.4) is 0 Å². The third kappa shape index (κ3) is 3.42. The fraction of sp³-hybridized carbons (Fsp3) is 0.333. The van der Waals surface area contributed by atoms with Gasteiger partial charge in [0.1, 0.15) is 16.3 Å². The molecular weight excluding hydrogens is 354 g/mol. The number of fused-ring (bicyclic) bond motifs is 1. The first kappa shape index (κ1) is 18.4. The Morgan fingerprint density at radius 2 is 1.92 bits per heavy atom. The van der Waals surface area contributed by atoms with E-state index in [0.717, 1.165) is 15.6 Å². The minimum Gasteiger partial charge on any atom is -0.465 e. The summed E-state index contributed by atoms with van der Waals surface area (Å²) in [4.78, 5) is 23.4. The van der Waals surface area contributed by atoms with E-state index in [9.17, 15) is 18.0 Å². The van der Waals surface area contributed by atoms with Gasteiger partial charge >= 0.3 is 11.9 Å². The summed E-state index contributed by atoms with van der Waals surface area (Å²) in [6.07, 6.45) is 0. The van der Waals surface area contributed by atoms with Gasteiger partial charge in [0.15, 0.2) is 0 Å². The van der Waals surface area contributed by atoms with Gasteiger partial charge < -0.3 is 9.47 Å². The van der Waals surface area contributed by atoms with E-state index in [1.807, 2.05) is 0 Å². The SMILES string of the molecule is CCOC(=O)CN(C)S(=O)(=O)c1c(C(=O)OC)sc2ccccc12. The first-order valence-electron chi connectivity index (χ1n) is 7.04. The zero-order chi connectivity index (χ0) is 17.9. The molecule has 1 aromatic carbocycles. The maximum atomic E-state index is 12.9. The molecule has 24 heavy (non-hydrogen) atoms. The summed E-state index contributed by atoms with van der Waals surface area (Å²) < 4.78 is 36.8. The molecule has 0 saturated heterocycles. The summed E-state index contributed by atoms with van der Waals surface area (Å²) >= 11 is 1.03. The fourth-order valence-electron chi connectivity index (χ4n) is 2.13. The van der Waals surface area contributed by atoms with Crippen molar-refractivity contribution in [2.24, 2.45) is 0 Å². The van der Waals surface area contributed by atoms with Crippen molar-refractivity contribution in [1.82, 2.24) is 4.31 Å². The number of carbonyl (C=O) groups is 2. The third-order valence-electron chi connectivity index (χ3n) is 3.25. The molecule has 0 bridgehead atoms. The third-order valence-corrected chi connectivity index (χ3v) is 6.42. The number of thiophene rings is 1. The number of hydrogen-bond acceptors (Lipinski definition) is 7. The van der Waals surface area contributed by atoms with Gasteiger partial charge in [-0.15, -0.1) is 11.3 Å². The quantitative estimate of drug-likeness (QED) is 0.720. The standard InChI is InChI=1S/C15H17NO6S2/c1-4-22-12(17)9-16(2)24(19,20)14-10-7-5-6-8-11(10)23-13(14)15(18)21-3/h5-8H,4,9H2,1-3H3. The molecule has 9 heteroatoms. The summed E-state index contributed by atoms with van der Waals surface area (Å²) in [7, 11) is -1.63. The summed E-state index contributed by atoms with van der Waals surface area (Å²) in [6, 6.07) is 6.76. The molecule has 130 valence electrons. The van der Waals surface area contributed by atoms with E-state index in [2.05, 4.69) is 0 Å². The Bertz CT molecular complexity index is 871. The Morgan fingerprint density at radius 3 is 2.54 bits per heavy atom. The van der Waals surface area contributed by atoms with E-state index < -0.39 is 28.5 Å². The minimum atomic E-state index is -4.08. The second-order valence-corrected chi connectivity index (χ2v) is 7.85. The summed E-state index contributed by atoms with van der Waals surface area (Å²) in [5.74, 6) is -1.40. The average molecular weight is 371 g/mol. The number of rotatable bonds is 6. The van der Waals surface area contributed by atoms with Gasteiger partial charge in [-0.25, -0.2) is 13.2 Å². The first-order valence-corrected chi connectivity index (χ1v) is 9.30. The minimum absolute atomic E-state index is 0.0191. The van der Waals surface area contributed by atoms with E-state index in [1.165, 1.54) is 14.2 Å². The Balaban J connectivity index is 2.56. The van der Waals surface area contributed by atoms with Crippen molar-refractivity contribution in [2.45, 2.75) is 11.8 Å². The molecule has 0 amide bonds. The highest BCUT2D eigenvalue weighted by molar-refractivity contribution is 7.89. The van der Waals surface area contributed by atoms with Crippen molar-refractivity contribution in [1.29, 1.82) is 0 Å². The van der Waals surface area contributed by atoms with Gasteiger partial charge in [-0.2, -0.15) is 4.31 Å². The molecule has 0 aliphatic heterocycles. The number of benzene rings is 1. The molecule has 0 radical (unpaired) electrons. The molecule has 1 heterocycles. The van der Waals surface area contributed by atoms with Crippen molar-refractivity contribution in [3.05, 3.63) is 29.1 Å². The van der Waals surface area contributed by atoms with Crippen LogP contribution >= 0.6 is 11.3 Å². The zero-order valence-corrected chi connectivity index (χ0v) is 15.1. The maximum absolute atomic E-state index is 12.9. The Kier molecular flexibility index (Phi) is 5.58. The molecule has 2 aromatic rings. The van der Waals surface area contributed by atoms with Crippen LogP contribution in [0.5, 0.6) is 0 Å². The van der Waals surface area contributed by atoms with Gasteiger partial charge in [-0.05, 0) is 13.0 Å². The van der Waals surface area contributed by atoms with E-state index in [-0.39, 0.29) is 16.4 Å². The summed E-state index contributed by atoms with van der Waals surface area (Å²) in [5.41, 5.74) is 0. The van der Waals surface area contributed by atoms with E-state index in [4.69, 9.17) is 9.47 Å². The Labute approximate surface area is 143 Å². The van der Waals surface area contributed by atoms with Crippen molar-refractivity contribution in [3.8, 4) is 0 Å². The van der Waals surface area contributed by atoms with Crippen molar-refractivity contribution in [2.75, 3.05) is 27.3 Å². The number of ether oxygens (including phenoxy) is 2. The number of methoxy groups -OCH3 is 1. The van der Waals surface area contributed by atoms with Gasteiger partial charge in [0.2, 0.25) is 10.0 Å². The smallest absolute Gasteiger partial charge is 0.349 e. The Hall–Kier alpha value is -1.97. The molecule has 0 spiro atoms. The lowest BCUT2D eigenvalue weighted by Crippen LogP contribution is -2.33. The van der Waals surface area contributed by atoms with Gasteiger partial charge in [0.25, 0.3) is 0 Å². The van der Waals surface area contributed by atoms with Gasteiger partial charge in [-0.3, -0.25) is 4.79 Å². The molecule has 0 aliphatic carbocycles. The van der Waals surface area contributed by atoms with E-state index >= 15 is 0 Å². The average Bonchev–Trinajstić information content (AvgIpc) is 2.94. The van der Waals surface area contributed by atoms with Gasteiger partial charge in [-0.1, -0.05) is 18.2 Å². The number of esters is 2. The lowest BCUT2D eigenvalue weighted by molar-refractivity contribution is -0.143. The number of hydrogen-bond donors (Lipinski definition) is 0. The van der Waals surface area contributed by atoms with E-state index in [1.54, 1.807) is 31.2 Å². The van der Waals surface area contributed by atoms with Crippen LogP contribution in [-0.4, -0.2) is 52.0 Å². The lowest BCUT2D eigenvalue weighted by Gasteiger charge is -2.16. The molecule has 2 rings (SSSR count). The molecule has 0 fully saturated rings. The second kappa shape index (κ2) is 7.29. The predicted molar refractivity (Wildman–Crippen MR) is 89.6 cm³/mol. The molecule has 0 unspecified atom stereocenters. The normalized spacial score (nSPS) is 11.7. The van der Waals surface area contributed by atoms with Crippen molar-refractivity contribution in [3.63, 3.8) is 0 Å². The molecule has 7 nitrogen and oxygen atoms in total. The van der Waals surface area contributed by atoms with Crippen LogP contribution in [0.25, 0.3) is 10.1 Å². The summed E-state index contributed by atoms with van der Waals surface area (Å²) in [6.45, 7) is 1.34. The van der Waals surface area contributed by atoms with Crippen LogP contribution in [-0.2, 0) is 24.3 Å². The van der Waals surface area contributed by atoms with Gasteiger partial charge in [0.05, 0.1) is 13.7 Å². The van der Waals surface area contributed by atoms with Crippen LogP contribution in [0.4, 0.5) is 0 Å². The topological polar surface area (TPSA) is 90.0 Å². The fourth-order valence-corrected chi connectivity index (χ4v) is 5.02. The van der Waals surface area contributed by atoms with Crippen molar-refractivity contribution >= 4 is 43.4 Å². The highest BCUT2D eigenvalue weighted by Gasteiger charge is 2.32. The maximum Gasteiger partial charge on any atom is 0.349 e. The van der Waals surface area contributed by atoms with Crippen LogP contribution in [0.1, 0.15) is 16.6 Å². The van der Waals surface area contributed by atoms with Crippen LogP contribution in [0, 0.1) is 0 Å². The first-order chi connectivity index (χ1) is 11.3.